The Labute approximate surface area is 152 Å². The van der Waals surface area contributed by atoms with Gasteiger partial charge in [-0.3, -0.25) is 9.59 Å². The van der Waals surface area contributed by atoms with Crippen molar-refractivity contribution in [2.24, 2.45) is 5.73 Å². The molecule has 1 fully saturated rings. The van der Waals surface area contributed by atoms with Gasteiger partial charge in [0.25, 0.3) is 5.91 Å². The SMILES string of the molecule is CCOc1ccccc1C(=O)N1CCCC(c2nccn2CC(N)=O)C1. The van der Waals surface area contributed by atoms with Gasteiger partial charge in [0.15, 0.2) is 0 Å². The van der Waals surface area contributed by atoms with Crippen LogP contribution in [0.4, 0.5) is 0 Å². The Morgan fingerprint density at radius 2 is 2.15 bits per heavy atom. The van der Waals surface area contributed by atoms with E-state index in [9.17, 15) is 9.59 Å². The highest BCUT2D eigenvalue weighted by molar-refractivity contribution is 5.97. The van der Waals surface area contributed by atoms with Crippen LogP contribution >= 0.6 is 0 Å². The molecule has 1 atom stereocenters. The molecule has 26 heavy (non-hydrogen) atoms. The maximum Gasteiger partial charge on any atom is 0.257 e. The van der Waals surface area contributed by atoms with Gasteiger partial charge >= 0.3 is 0 Å². The zero-order chi connectivity index (χ0) is 18.5. The highest BCUT2D eigenvalue weighted by Gasteiger charge is 2.29. The summed E-state index contributed by atoms with van der Waals surface area (Å²) >= 11 is 0. The molecule has 0 bridgehead atoms. The van der Waals surface area contributed by atoms with E-state index in [1.54, 1.807) is 23.0 Å². The van der Waals surface area contributed by atoms with E-state index < -0.39 is 5.91 Å². The number of imidazole rings is 1. The Hall–Kier alpha value is -2.83. The van der Waals surface area contributed by atoms with Crippen molar-refractivity contribution in [3.63, 3.8) is 0 Å². The molecule has 7 nitrogen and oxygen atoms in total. The number of carbonyl (C=O) groups excluding carboxylic acids is 2. The molecular formula is C19H24N4O3. The van der Waals surface area contributed by atoms with Gasteiger partial charge < -0.3 is 19.9 Å². The van der Waals surface area contributed by atoms with Crippen LogP contribution in [0.3, 0.4) is 0 Å². The number of piperidine rings is 1. The van der Waals surface area contributed by atoms with Crippen LogP contribution in [0.1, 0.15) is 41.9 Å². The lowest BCUT2D eigenvalue weighted by Gasteiger charge is -2.33. The first-order valence-electron chi connectivity index (χ1n) is 8.90. The lowest BCUT2D eigenvalue weighted by molar-refractivity contribution is -0.118. The Kier molecular flexibility index (Phi) is 5.55. The molecule has 138 valence electrons. The first-order valence-corrected chi connectivity index (χ1v) is 8.90. The van der Waals surface area contributed by atoms with E-state index in [0.29, 0.717) is 31.0 Å². The van der Waals surface area contributed by atoms with Gasteiger partial charge in [0.2, 0.25) is 5.91 Å². The molecule has 0 spiro atoms. The predicted octanol–water partition coefficient (Wildman–Crippen LogP) is 1.79. The molecule has 1 aliphatic heterocycles. The first-order chi connectivity index (χ1) is 12.6. The van der Waals surface area contributed by atoms with E-state index >= 15 is 0 Å². The average Bonchev–Trinajstić information content (AvgIpc) is 3.09. The third kappa shape index (κ3) is 3.87. The molecule has 2 amide bonds. The summed E-state index contributed by atoms with van der Waals surface area (Å²) in [4.78, 5) is 30.5. The monoisotopic (exact) mass is 356 g/mol. The zero-order valence-corrected chi connectivity index (χ0v) is 14.9. The Morgan fingerprint density at radius 3 is 2.92 bits per heavy atom. The topological polar surface area (TPSA) is 90.4 Å². The summed E-state index contributed by atoms with van der Waals surface area (Å²) in [6, 6.07) is 7.32. The number of amides is 2. The summed E-state index contributed by atoms with van der Waals surface area (Å²) < 4.78 is 7.37. The van der Waals surface area contributed by atoms with Gasteiger partial charge in [0.1, 0.15) is 18.1 Å². The molecule has 2 N–H and O–H groups in total. The zero-order valence-electron chi connectivity index (χ0n) is 14.9. The van der Waals surface area contributed by atoms with Crippen LogP contribution in [-0.2, 0) is 11.3 Å². The first kappa shape index (κ1) is 18.0. The number of rotatable bonds is 6. The van der Waals surface area contributed by atoms with Gasteiger partial charge in [0.05, 0.1) is 12.2 Å². The number of nitrogens with two attached hydrogens (primary N) is 1. The smallest absolute Gasteiger partial charge is 0.257 e. The van der Waals surface area contributed by atoms with Gasteiger partial charge in [-0.1, -0.05) is 12.1 Å². The van der Waals surface area contributed by atoms with Crippen molar-refractivity contribution < 1.29 is 14.3 Å². The van der Waals surface area contributed by atoms with Gasteiger partial charge in [0, 0.05) is 31.4 Å². The van der Waals surface area contributed by atoms with E-state index in [1.165, 1.54) is 0 Å². The molecule has 0 aliphatic carbocycles. The maximum atomic E-state index is 13.0. The predicted molar refractivity (Wildman–Crippen MR) is 96.9 cm³/mol. The van der Waals surface area contributed by atoms with Crippen LogP contribution in [-0.4, -0.2) is 46.0 Å². The molecule has 0 radical (unpaired) electrons. The number of ether oxygens (including phenoxy) is 1. The van der Waals surface area contributed by atoms with Crippen LogP contribution in [0.5, 0.6) is 5.75 Å². The fraction of sp³-hybridized carbons (Fsp3) is 0.421. The summed E-state index contributed by atoms with van der Waals surface area (Å²) in [6.45, 7) is 3.78. The van der Waals surface area contributed by atoms with Crippen molar-refractivity contribution in [1.29, 1.82) is 0 Å². The standard InChI is InChI=1S/C19H24N4O3/c1-2-26-16-8-4-3-7-15(16)19(25)23-10-5-6-14(12-23)18-21-9-11-22(18)13-17(20)24/h3-4,7-9,11,14H,2,5-6,10,12-13H2,1H3,(H2,20,24). The molecule has 2 heterocycles. The van der Waals surface area contributed by atoms with Crippen LogP contribution in [0.2, 0.25) is 0 Å². The molecular weight excluding hydrogens is 332 g/mol. The minimum absolute atomic E-state index is 0.0354. The largest absolute Gasteiger partial charge is 0.493 e. The van der Waals surface area contributed by atoms with E-state index in [1.807, 2.05) is 30.0 Å². The minimum atomic E-state index is -0.404. The third-order valence-corrected chi connectivity index (χ3v) is 4.56. The quantitative estimate of drug-likeness (QED) is 0.854. The lowest BCUT2D eigenvalue weighted by atomic mass is 9.96. The molecule has 1 unspecified atom stereocenters. The molecule has 2 aromatic rings. The van der Waals surface area contributed by atoms with Crippen molar-refractivity contribution >= 4 is 11.8 Å². The van der Waals surface area contributed by atoms with Crippen molar-refractivity contribution in [2.45, 2.75) is 32.2 Å². The normalized spacial score (nSPS) is 17.1. The fourth-order valence-electron chi connectivity index (χ4n) is 3.45. The second-order valence-corrected chi connectivity index (χ2v) is 6.40. The van der Waals surface area contributed by atoms with Crippen molar-refractivity contribution in [3.8, 4) is 5.75 Å². The van der Waals surface area contributed by atoms with E-state index in [0.717, 1.165) is 18.7 Å². The number of benzene rings is 1. The Bertz CT molecular complexity index is 787. The molecule has 0 saturated carbocycles. The minimum Gasteiger partial charge on any atom is -0.493 e. The van der Waals surface area contributed by atoms with E-state index in [2.05, 4.69) is 4.98 Å². The average molecular weight is 356 g/mol. The number of carbonyl (C=O) groups is 2. The van der Waals surface area contributed by atoms with Gasteiger partial charge in [-0.2, -0.15) is 0 Å². The molecule has 1 aromatic heterocycles. The van der Waals surface area contributed by atoms with Crippen molar-refractivity contribution in [3.05, 3.63) is 48.0 Å². The van der Waals surface area contributed by atoms with Crippen molar-refractivity contribution in [1.82, 2.24) is 14.5 Å². The molecule has 1 aromatic carbocycles. The summed E-state index contributed by atoms with van der Waals surface area (Å²) in [6.07, 6.45) is 5.23. The van der Waals surface area contributed by atoms with Gasteiger partial charge in [-0.25, -0.2) is 4.98 Å². The number of primary amides is 1. The second kappa shape index (κ2) is 8.03. The molecule has 7 heteroatoms. The number of nitrogens with zero attached hydrogens (tertiary/aromatic N) is 3. The lowest BCUT2D eigenvalue weighted by Crippen LogP contribution is -2.40. The van der Waals surface area contributed by atoms with Crippen LogP contribution < -0.4 is 10.5 Å². The third-order valence-electron chi connectivity index (χ3n) is 4.56. The van der Waals surface area contributed by atoms with E-state index in [4.69, 9.17) is 10.5 Å². The maximum absolute atomic E-state index is 13.0. The Morgan fingerprint density at radius 1 is 1.35 bits per heavy atom. The fourth-order valence-corrected chi connectivity index (χ4v) is 3.45. The number of hydrogen-bond acceptors (Lipinski definition) is 4. The Balaban J connectivity index is 1.78. The number of hydrogen-bond donors (Lipinski definition) is 1. The molecule has 1 aliphatic rings. The van der Waals surface area contributed by atoms with E-state index in [-0.39, 0.29) is 18.4 Å². The summed E-state index contributed by atoms with van der Waals surface area (Å²) in [7, 11) is 0. The number of aromatic nitrogens is 2. The molecule has 1 saturated heterocycles. The molecule has 3 rings (SSSR count). The highest BCUT2D eigenvalue weighted by atomic mass is 16.5. The van der Waals surface area contributed by atoms with Crippen LogP contribution in [0.15, 0.2) is 36.7 Å². The number of likely N-dealkylation sites (tertiary alicyclic amines) is 1. The summed E-state index contributed by atoms with van der Waals surface area (Å²) in [5.74, 6) is 1.06. The highest BCUT2D eigenvalue weighted by Crippen LogP contribution is 2.28. The number of para-hydroxylation sites is 1. The van der Waals surface area contributed by atoms with Crippen LogP contribution in [0.25, 0.3) is 0 Å². The summed E-state index contributed by atoms with van der Waals surface area (Å²) in [5, 5.41) is 0. The van der Waals surface area contributed by atoms with Crippen LogP contribution in [0, 0.1) is 0 Å². The summed E-state index contributed by atoms with van der Waals surface area (Å²) in [5.41, 5.74) is 5.89. The van der Waals surface area contributed by atoms with Gasteiger partial charge in [-0.15, -0.1) is 0 Å². The van der Waals surface area contributed by atoms with Gasteiger partial charge in [-0.05, 0) is 31.9 Å². The second-order valence-electron chi connectivity index (χ2n) is 6.40. The van der Waals surface area contributed by atoms with Crippen molar-refractivity contribution in [2.75, 3.05) is 19.7 Å².